The molecule has 1 saturated carbocycles. The summed E-state index contributed by atoms with van der Waals surface area (Å²) in [6.45, 7) is 11.4. The number of anilines is 1. The summed E-state index contributed by atoms with van der Waals surface area (Å²) in [5, 5.41) is 21.3. The van der Waals surface area contributed by atoms with Crippen molar-refractivity contribution in [2.24, 2.45) is 5.41 Å². The van der Waals surface area contributed by atoms with Gasteiger partial charge in [0.1, 0.15) is 17.4 Å². The van der Waals surface area contributed by atoms with Crippen molar-refractivity contribution in [1.29, 1.82) is 5.26 Å². The fourth-order valence-corrected chi connectivity index (χ4v) is 7.60. The van der Waals surface area contributed by atoms with Crippen LogP contribution in [-0.2, 0) is 4.74 Å². The van der Waals surface area contributed by atoms with Gasteiger partial charge in [-0.1, -0.05) is 11.6 Å². The first kappa shape index (κ1) is 33.3. The average molecular weight is 664 g/mol. The number of halogens is 1. The first-order valence-electron chi connectivity index (χ1n) is 17.0. The van der Waals surface area contributed by atoms with E-state index in [4.69, 9.17) is 26.3 Å². The van der Waals surface area contributed by atoms with Crippen LogP contribution >= 0.6 is 11.6 Å². The molecule has 2 amide bonds. The van der Waals surface area contributed by atoms with Gasteiger partial charge in [0.2, 0.25) is 0 Å². The highest BCUT2D eigenvalue weighted by molar-refractivity contribution is 6.31. The van der Waals surface area contributed by atoms with Crippen molar-refractivity contribution >= 4 is 29.4 Å². The maximum absolute atomic E-state index is 12.9. The van der Waals surface area contributed by atoms with Gasteiger partial charge >= 0.3 is 6.09 Å². The van der Waals surface area contributed by atoms with Gasteiger partial charge in [-0.05, 0) is 102 Å². The third-order valence-electron chi connectivity index (χ3n) is 10.1. The monoisotopic (exact) mass is 663 g/mol. The van der Waals surface area contributed by atoms with Crippen molar-refractivity contribution in [3.63, 3.8) is 0 Å². The molecular weight excluding hydrogens is 618 g/mol. The molecule has 1 aromatic heterocycles. The highest BCUT2D eigenvalue weighted by Gasteiger charge is 2.47. The minimum absolute atomic E-state index is 0.0435. The van der Waals surface area contributed by atoms with Gasteiger partial charge in [-0.2, -0.15) is 5.26 Å². The number of rotatable bonds is 6. The van der Waals surface area contributed by atoms with E-state index in [0.29, 0.717) is 33.5 Å². The number of nitrogens with zero attached hydrogens (tertiary/aromatic N) is 6. The quantitative estimate of drug-likeness (QED) is 0.431. The van der Waals surface area contributed by atoms with Gasteiger partial charge in [-0.25, -0.2) is 4.79 Å². The number of nitrogens with one attached hydrogen (secondary N) is 1. The molecular formula is C35H46ClN7O4. The van der Waals surface area contributed by atoms with Gasteiger partial charge < -0.3 is 24.6 Å². The first-order valence-corrected chi connectivity index (χ1v) is 17.3. The number of aromatic nitrogens is 2. The molecule has 6 rings (SSSR count). The van der Waals surface area contributed by atoms with E-state index in [9.17, 15) is 9.59 Å². The Morgan fingerprint density at radius 3 is 2.28 bits per heavy atom. The number of ether oxygens (including phenoxy) is 2. The summed E-state index contributed by atoms with van der Waals surface area (Å²) in [7, 11) is 0. The van der Waals surface area contributed by atoms with Crippen LogP contribution in [0.1, 0.15) is 88.2 Å². The lowest BCUT2D eigenvalue weighted by Crippen LogP contribution is -2.64. The predicted octanol–water partition coefficient (Wildman–Crippen LogP) is 5.42. The van der Waals surface area contributed by atoms with Gasteiger partial charge in [0.25, 0.3) is 5.91 Å². The van der Waals surface area contributed by atoms with E-state index in [-0.39, 0.29) is 24.1 Å². The molecule has 12 heteroatoms. The van der Waals surface area contributed by atoms with Crippen molar-refractivity contribution in [2.75, 3.05) is 44.2 Å². The maximum atomic E-state index is 12.9. The summed E-state index contributed by atoms with van der Waals surface area (Å²) in [6.07, 6.45) is 7.34. The molecule has 1 spiro atoms. The summed E-state index contributed by atoms with van der Waals surface area (Å²) >= 11 is 6.13. The zero-order chi connectivity index (χ0) is 33.2. The summed E-state index contributed by atoms with van der Waals surface area (Å²) in [5.74, 6) is 1.28. The number of carbonyl (C=O) groups is 2. The van der Waals surface area contributed by atoms with Crippen LogP contribution in [0, 0.1) is 16.7 Å². The number of hydrogen-bond acceptors (Lipinski definition) is 9. The smallest absolute Gasteiger partial charge is 0.410 e. The average Bonchev–Trinajstić information content (AvgIpc) is 3.04. The van der Waals surface area contributed by atoms with Gasteiger partial charge in [-0.3, -0.25) is 9.69 Å². The summed E-state index contributed by atoms with van der Waals surface area (Å²) in [5.41, 5.74) is 0.669. The molecule has 47 heavy (non-hydrogen) atoms. The van der Waals surface area contributed by atoms with Crippen molar-refractivity contribution in [2.45, 2.75) is 95.9 Å². The molecule has 4 heterocycles. The summed E-state index contributed by atoms with van der Waals surface area (Å²) < 4.78 is 11.6. The molecule has 0 bridgehead atoms. The summed E-state index contributed by atoms with van der Waals surface area (Å²) in [6, 6.07) is 11.5. The number of likely N-dealkylation sites (tertiary alicyclic amines) is 2. The molecule has 3 saturated heterocycles. The van der Waals surface area contributed by atoms with Crippen molar-refractivity contribution in [3.05, 3.63) is 46.6 Å². The minimum atomic E-state index is -0.460. The highest BCUT2D eigenvalue weighted by atomic mass is 35.5. The van der Waals surface area contributed by atoms with Gasteiger partial charge in [0.05, 0.1) is 16.7 Å². The Kier molecular flexibility index (Phi) is 9.81. The lowest BCUT2D eigenvalue weighted by atomic mass is 9.71. The third kappa shape index (κ3) is 8.10. The first-order chi connectivity index (χ1) is 22.5. The molecule has 11 nitrogen and oxygen atoms in total. The van der Waals surface area contributed by atoms with Crippen molar-refractivity contribution in [1.82, 2.24) is 25.3 Å². The zero-order valence-electron chi connectivity index (χ0n) is 27.7. The Morgan fingerprint density at radius 1 is 0.979 bits per heavy atom. The molecule has 1 aromatic carbocycles. The van der Waals surface area contributed by atoms with Gasteiger partial charge in [0.15, 0.2) is 11.5 Å². The molecule has 2 aromatic rings. The Morgan fingerprint density at radius 2 is 1.68 bits per heavy atom. The second kappa shape index (κ2) is 13.9. The number of nitriles is 1. The Labute approximate surface area is 282 Å². The van der Waals surface area contributed by atoms with Crippen LogP contribution < -0.4 is 15.0 Å². The van der Waals surface area contributed by atoms with E-state index in [1.807, 2.05) is 31.7 Å². The van der Waals surface area contributed by atoms with Gasteiger partial charge in [-0.15, -0.1) is 10.2 Å². The highest BCUT2D eigenvalue weighted by Crippen LogP contribution is 2.43. The lowest BCUT2D eigenvalue weighted by molar-refractivity contribution is -0.0624. The molecule has 1 N–H and O–H groups in total. The van der Waals surface area contributed by atoms with Crippen LogP contribution in [0.15, 0.2) is 30.3 Å². The lowest BCUT2D eigenvalue weighted by Gasteiger charge is -2.57. The molecule has 4 aliphatic rings. The fourth-order valence-electron chi connectivity index (χ4n) is 7.39. The predicted molar refractivity (Wildman–Crippen MR) is 179 cm³/mol. The Balaban J connectivity index is 0.896. The number of piperidine rings is 2. The third-order valence-corrected chi connectivity index (χ3v) is 10.4. The zero-order valence-corrected chi connectivity index (χ0v) is 28.5. The van der Waals surface area contributed by atoms with Crippen LogP contribution in [0.3, 0.4) is 0 Å². The SMILES string of the molecule is CC(C)(C)OC(=O)N1CCC(N2CC3(CCN(c4ccc(C(=O)N[C@H]5CC[C@H](Oc6ccc(C#N)c(Cl)c6)CC5)nn4)CC3)C2)CC1. The normalized spacial score (nSPS) is 23.5. The molecule has 3 aliphatic heterocycles. The number of amides is 2. The topological polar surface area (TPSA) is 124 Å². The molecule has 1 aliphatic carbocycles. The van der Waals surface area contributed by atoms with Crippen molar-refractivity contribution in [3.8, 4) is 11.8 Å². The Hall–Kier alpha value is -3.62. The van der Waals surface area contributed by atoms with Crippen LogP contribution in [0.5, 0.6) is 5.75 Å². The fraction of sp³-hybridized carbons (Fsp3) is 0.629. The molecule has 0 unspecified atom stereocenters. The second-order valence-electron chi connectivity index (χ2n) is 14.7. The van der Waals surface area contributed by atoms with E-state index in [0.717, 1.165) is 96.5 Å². The van der Waals surface area contributed by atoms with Crippen LogP contribution in [-0.4, -0.2) is 95.1 Å². The second-order valence-corrected chi connectivity index (χ2v) is 15.1. The van der Waals surface area contributed by atoms with Gasteiger partial charge in [0, 0.05) is 57.4 Å². The number of hydrogen-bond donors (Lipinski definition) is 1. The number of carbonyl (C=O) groups excluding carboxylic acids is 2. The van der Waals surface area contributed by atoms with E-state index in [1.165, 1.54) is 0 Å². The van der Waals surface area contributed by atoms with E-state index in [1.54, 1.807) is 24.3 Å². The molecule has 4 fully saturated rings. The molecule has 0 atom stereocenters. The number of benzene rings is 1. The van der Waals surface area contributed by atoms with Crippen LogP contribution in [0.2, 0.25) is 5.02 Å². The van der Waals surface area contributed by atoms with E-state index in [2.05, 4.69) is 31.4 Å². The molecule has 252 valence electrons. The van der Waals surface area contributed by atoms with E-state index >= 15 is 0 Å². The van der Waals surface area contributed by atoms with Crippen molar-refractivity contribution < 1.29 is 19.1 Å². The van der Waals surface area contributed by atoms with E-state index < -0.39 is 5.60 Å². The largest absolute Gasteiger partial charge is 0.490 e. The standard InChI is InChI=1S/C35H46ClN7O4/c1-34(2,3)47-33(45)42-16-12-26(13-17-42)43-22-35(23-43)14-18-41(19-15-35)31-11-10-30(39-40-31)32(44)38-25-5-8-27(9-6-25)46-28-7-4-24(21-37)29(36)20-28/h4,7,10-11,20,25-27H,5-6,8-9,12-19,22-23H2,1-3H3,(H,38,44)/t25-,27-. The Bertz CT molecular complexity index is 1460. The molecule has 0 radical (unpaired) electrons. The summed E-state index contributed by atoms with van der Waals surface area (Å²) in [4.78, 5) is 32.1. The maximum Gasteiger partial charge on any atom is 0.410 e. The van der Waals surface area contributed by atoms with Crippen LogP contribution in [0.4, 0.5) is 10.6 Å². The van der Waals surface area contributed by atoms with Crippen LogP contribution in [0.25, 0.3) is 0 Å². The minimum Gasteiger partial charge on any atom is -0.490 e.